The number of Topliss-reactive ketones (excluding diaryl/α,β-unsaturated/α-hetero) is 3. The Kier molecular flexibility index (Phi) is 11.8. The fourth-order valence-corrected chi connectivity index (χ4v) is 3.46. The monoisotopic (exact) mass is 388 g/mol. The molecule has 3 heteroatoms. The Morgan fingerprint density at radius 1 is 0.821 bits per heavy atom. The van der Waals surface area contributed by atoms with Crippen molar-refractivity contribution >= 4 is 17.3 Å². The third-order valence-electron chi connectivity index (χ3n) is 5.39. The molecule has 3 nitrogen and oxygen atoms in total. The van der Waals surface area contributed by atoms with Crippen molar-refractivity contribution in [2.45, 2.75) is 81.6 Å². The van der Waals surface area contributed by atoms with Crippen molar-refractivity contribution in [2.75, 3.05) is 0 Å². The van der Waals surface area contributed by atoms with E-state index in [1.807, 2.05) is 45.9 Å². The van der Waals surface area contributed by atoms with E-state index in [4.69, 9.17) is 0 Å². The molecule has 0 spiro atoms. The molecule has 0 aromatic heterocycles. The fraction of sp³-hybridized carbons (Fsp3) is 0.640. The number of carbonyl (C=O) groups is 3. The van der Waals surface area contributed by atoms with E-state index in [2.05, 4.69) is 13.8 Å². The predicted octanol–water partition coefficient (Wildman–Crippen LogP) is 6.29. The van der Waals surface area contributed by atoms with Crippen LogP contribution in [0.25, 0.3) is 0 Å². The molecule has 0 aliphatic rings. The van der Waals surface area contributed by atoms with Crippen LogP contribution in [0, 0.1) is 23.7 Å². The molecule has 28 heavy (non-hydrogen) atoms. The van der Waals surface area contributed by atoms with Gasteiger partial charge in [-0.05, 0) is 57.1 Å². The second kappa shape index (κ2) is 12.6. The molecular formula is C25H40O3. The molecule has 0 aromatic carbocycles. The number of hydrogen-bond donors (Lipinski definition) is 0. The van der Waals surface area contributed by atoms with Crippen molar-refractivity contribution in [1.82, 2.24) is 0 Å². The summed E-state index contributed by atoms with van der Waals surface area (Å²) in [4.78, 5) is 36.7. The molecule has 0 rings (SSSR count). The highest BCUT2D eigenvalue weighted by molar-refractivity contribution is 6.09. The van der Waals surface area contributed by atoms with Crippen LogP contribution in [0.1, 0.15) is 81.6 Å². The van der Waals surface area contributed by atoms with E-state index in [1.165, 1.54) is 0 Å². The first-order valence-electron chi connectivity index (χ1n) is 10.6. The molecular weight excluding hydrogens is 348 g/mol. The molecule has 0 radical (unpaired) electrons. The van der Waals surface area contributed by atoms with Crippen LogP contribution >= 0.6 is 0 Å². The molecule has 0 N–H and O–H groups in total. The third kappa shape index (κ3) is 8.95. The van der Waals surface area contributed by atoms with Gasteiger partial charge in [0.1, 0.15) is 5.78 Å². The smallest absolute Gasteiger partial charge is 0.168 e. The standard InChI is InChI=1S/C25H40O3/c1-10-16(3)13-19(6)24(27)20(7)14-17(4)12-18(5)15-21(8)25(28)22(9)23(26)11-2/h12,14-17,19,22H,10-11,13H2,1-9H3/b18-12+,20-14+,21-15+. The highest BCUT2D eigenvalue weighted by atomic mass is 16.2. The van der Waals surface area contributed by atoms with Crippen LogP contribution in [-0.2, 0) is 14.4 Å². The number of hydrogen-bond acceptors (Lipinski definition) is 3. The van der Waals surface area contributed by atoms with Gasteiger partial charge in [0.25, 0.3) is 0 Å². The molecule has 4 atom stereocenters. The quantitative estimate of drug-likeness (QED) is 0.224. The van der Waals surface area contributed by atoms with Gasteiger partial charge in [0.05, 0.1) is 5.92 Å². The number of carbonyl (C=O) groups excluding carboxylic acids is 3. The van der Waals surface area contributed by atoms with Crippen LogP contribution < -0.4 is 0 Å². The molecule has 158 valence electrons. The van der Waals surface area contributed by atoms with Gasteiger partial charge in [0, 0.05) is 12.3 Å². The van der Waals surface area contributed by atoms with E-state index >= 15 is 0 Å². The van der Waals surface area contributed by atoms with Gasteiger partial charge >= 0.3 is 0 Å². The summed E-state index contributed by atoms with van der Waals surface area (Å²) in [5, 5.41) is 0. The van der Waals surface area contributed by atoms with E-state index in [0.717, 1.165) is 24.0 Å². The lowest BCUT2D eigenvalue weighted by Gasteiger charge is -2.15. The van der Waals surface area contributed by atoms with Gasteiger partial charge in [0.15, 0.2) is 11.6 Å². The molecule has 0 amide bonds. The zero-order chi connectivity index (χ0) is 22.0. The Labute approximate surface area is 172 Å². The Morgan fingerprint density at radius 3 is 1.89 bits per heavy atom. The molecule has 0 saturated heterocycles. The lowest BCUT2D eigenvalue weighted by molar-refractivity contribution is -0.129. The maximum Gasteiger partial charge on any atom is 0.168 e. The van der Waals surface area contributed by atoms with E-state index in [9.17, 15) is 14.4 Å². The Bertz CT molecular complexity index is 649. The van der Waals surface area contributed by atoms with Crippen molar-refractivity contribution in [3.8, 4) is 0 Å². The zero-order valence-corrected chi connectivity index (χ0v) is 19.4. The van der Waals surface area contributed by atoms with Gasteiger partial charge in [0.2, 0.25) is 0 Å². The van der Waals surface area contributed by atoms with Gasteiger partial charge < -0.3 is 0 Å². The van der Waals surface area contributed by atoms with E-state index in [0.29, 0.717) is 17.9 Å². The SMILES string of the molecule is CCC(=O)C(C)C(=O)/C(C)=C/C(C)=C/C(C)/C=C(\C)C(=O)C(C)CC(C)CC. The van der Waals surface area contributed by atoms with E-state index in [1.54, 1.807) is 20.8 Å². The molecule has 0 fully saturated rings. The fourth-order valence-electron chi connectivity index (χ4n) is 3.46. The van der Waals surface area contributed by atoms with Gasteiger partial charge in [-0.25, -0.2) is 0 Å². The predicted molar refractivity (Wildman–Crippen MR) is 118 cm³/mol. The summed E-state index contributed by atoms with van der Waals surface area (Å²) in [6.45, 7) is 17.4. The van der Waals surface area contributed by atoms with Crippen LogP contribution in [0.3, 0.4) is 0 Å². The summed E-state index contributed by atoms with van der Waals surface area (Å²) in [5.74, 6) is 0.169. The Hall–Kier alpha value is -1.77. The summed E-state index contributed by atoms with van der Waals surface area (Å²) in [6.07, 6.45) is 8.24. The van der Waals surface area contributed by atoms with Gasteiger partial charge in [-0.1, -0.05) is 64.8 Å². The summed E-state index contributed by atoms with van der Waals surface area (Å²) in [7, 11) is 0. The largest absolute Gasteiger partial charge is 0.299 e. The lowest BCUT2D eigenvalue weighted by atomic mass is 9.88. The first kappa shape index (κ1) is 26.2. The first-order valence-corrected chi connectivity index (χ1v) is 10.6. The maximum absolute atomic E-state index is 12.6. The first-order chi connectivity index (χ1) is 12.9. The minimum absolute atomic E-state index is 0.0312. The van der Waals surface area contributed by atoms with Crippen molar-refractivity contribution in [2.24, 2.45) is 23.7 Å². The molecule has 0 bridgehead atoms. The minimum Gasteiger partial charge on any atom is -0.299 e. The number of ketones is 3. The molecule has 0 heterocycles. The highest BCUT2D eigenvalue weighted by Crippen LogP contribution is 2.20. The molecule has 4 unspecified atom stereocenters. The average molecular weight is 389 g/mol. The Balaban J connectivity index is 5.14. The second-order valence-electron chi connectivity index (χ2n) is 8.37. The normalized spacial score (nSPS) is 17.7. The summed E-state index contributed by atoms with van der Waals surface area (Å²) in [6, 6.07) is 0. The summed E-state index contributed by atoms with van der Waals surface area (Å²) in [5.41, 5.74) is 2.35. The number of rotatable bonds is 12. The molecule has 0 aliphatic carbocycles. The van der Waals surface area contributed by atoms with Crippen molar-refractivity contribution in [1.29, 1.82) is 0 Å². The minimum atomic E-state index is -0.585. The maximum atomic E-state index is 12.6. The van der Waals surface area contributed by atoms with Crippen LogP contribution in [-0.4, -0.2) is 17.3 Å². The molecule has 0 aliphatic heterocycles. The molecule has 0 aromatic rings. The highest BCUT2D eigenvalue weighted by Gasteiger charge is 2.21. The van der Waals surface area contributed by atoms with Crippen LogP contribution in [0.5, 0.6) is 0 Å². The second-order valence-corrected chi connectivity index (χ2v) is 8.37. The van der Waals surface area contributed by atoms with Crippen LogP contribution in [0.4, 0.5) is 0 Å². The van der Waals surface area contributed by atoms with Gasteiger partial charge in [-0.3, -0.25) is 14.4 Å². The number of allylic oxidation sites excluding steroid dienone is 6. The summed E-state index contributed by atoms with van der Waals surface area (Å²) < 4.78 is 0. The topological polar surface area (TPSA) is 51.2 Å². The van der Waals surface area contributed by atoms with E-state index in [-0.39, 0.29) is 29.2 Å². The van der Waals surface area contributed by atoms with Crippen molar-refractivity contribution < 1.29 is 14.4 Å². The van der Waals surface area contributed by atoms with Crippen LogP contribution in [0.2, 0.25) is 0 Å². The zero-order valence-electron chi connectivity index (χ0n) is 19.4. The summed E-state index contributed by atoms with van der Waals surface area (Å²) >= 11 is 0. The van der Waals surface area contributed by atoms with Crippen LogP contribution in [0.15, 0.2) is 34.9 Å². The van der Waals surface area contributed by atoms with Gasteiger partial charge in [-0.2, -0.15) is 0 Å². The van der Waals surface area contributed by atoms with E-state index < -0.39 is 5.92 Å². The Morgan fingerprint density at radius 2 is 1.39 bits per heavy atom. The third-order valence-corrected chi connectivity index (χ3v) is 5.39. The lowest BCUT2D eigenvalue weighted by Crippen LogP contribution is -2.21. The van der Waals surface area contributed by atoms with Gasteiger partial charge in [-0.15, -0.1) is 0 Å². The van der Waals surface area contributed by atoms with Crippen molar-refractivity contribution in [3.63, 3.8) is 0 Å². The van der Waals surface area contributed by atoms with Crippen molar-refractivity contribution in [3.05, 3.63) is 34.9 Å². The molecule has 0 saturated carbocycles. The average Bonchev–Trinajstić information content (AvgIpc) is 2.64.